The predicted molar refractivity (Wildman–Crippen MR) is 145 cm³/mol. The van der Waals surface area contributed by atoms with Crippen LogP contribution in [-0.4, -0.2) is 48.0 Å². The Bertz CT molecular complexity index is 1500. The summed E-state index contributed by atoms with van der Waals surface area (Å²) in [7, 11) is 3.96. The van der Waals surface area contributed by atoms with E-state index in [4.69, 9.17) is 4.74 Å². The fourth-order valence-corrected chi connectivity index (χ4v) is 4.19. The van der Waals surface area contributed by atoms with Crippen molar-refractivity contribution in [3.63, 3.8) is 0 Å². The highest BCUT2D eigenvalue weighted by Crippen LogP contribution is 2.38. The van der Waals surface area contributed by atoms with Gasteiger partial charge in [-0.2, -0.15) is 18.3 Å². The number of carbonyl (C=O) groups is 1. The first-order chi connectivity index (χ1) is 18.6. The number of nitrogens with one attached hydrogen (secondary N) is 1. The molecule has 7 nitrogen and oxygen atoms in total. The van der Waals surface area contributed by atoms with Crippen molar-refractivity contribution in [2.24, 2.45) is 0 Å². The molecule has 0 radical (unpaired) electrons. The van der Waals surface area contributed by atoms with Gasteiger partial charge in [-0.05, 0) is 63.3 Å². The summed E-state index contributed by atoms with van der Waals surface area (Å²) in [5.74, 6) is 0. The number of ether oxygens (including phenoxy) is 1. The molecule has 1 aromatic heterocycles. The van der Waals surface area contributed by atoms with Crippen molar-refractivity contribution in [3.8, 4) is 11.3 Å². The number of carbonyl (C=O) groups excluding carboxylic acids is 1. The number of hydrogen-bond acceptors (Lipinski definition) is 5. The molecular formula is C29H29F3N4O3. The number of rotatable bonds is 9. The quantitative estimate of drug-likeness (QED) is 0.264. The molecule has 0 aliphatic carbocycles. The van der Waals surface area contributed by atoms with Crippen molar-refractivity contribution in [3.05, 3.63) is 94.3 Å². The lowest BCUT2D eigenvalue weighted by Gasteiger charge is -2.16. The third kappa shape index (κ3) is 7.02. The molecule has 0 bridgehead atoms. The van der Waals surface area contributed by atoms with Gasteiger partial charge >= 0.3 is 12.3 Å². The zero-order chi connectivity index (χ0) is 28.0. The normalized spacial score (nSPS) is 11.6. The van der Waals surface area contributed by atoms with Crippen LogP contribution in [0.3, 0.4) is 0 Å². The van der Waals surface area contributed by atoms with Gasteiger partial charge in [-0.25, -0.2) is 9.48 Å². The lowest BCUT2D eigenvalue weighted by molar-refractivity contribution is -0.137. The smallest absolute Gasteiger partial charge is 0.417 e. The van der Waals surface area contributed by atoms with E-state index in [0.29, 0.717) is 23.2 Å². The molecule has 1 heterocycles. The van der Waals surface area contributed by atoms with Gasteiger partial charge in [0.1, 0.15) is 0 Å². The van der Waals surface area contributed by atoms with Gasteiger partial charge in [0, 0.05) is 16.6 Å². The second-order valence-corrected chi connectivity index (χ2v) is 9.37. The van der Waals surface area contributed by atoms with E-state index in [2.05, 4.69) is 15.3 Å². The van der Waals surface area contributed by atoms with Crippen molar-refractivity contribution in [1.82, 2.24) is 14.7 Å². The number of unbranched alkanes of at least 4 members (excludes halogenated alkanes) is 1. The molecule has 0 saturated carbocycles. The number of aromatic nitrogens is 2. The van der Waals surface area contributed by atoms with Crippen molar-refractivity contribution >= 4 is 22.6 Å². The van der Waals surface area contributed by atoms with E-state index >= 15 is 0 Å². The van der Waals surface area contributed by atoms with Gasteiger partial charge in [-0.15, -0.1) is 0 Å². The first-order valence-corrected chi connectivity index (χ1v) is 12.5. The Morgan fingerprint density at radius 2 is 1.62 bits per heavy atom. The highest BCUT2D eigenvalue weighted by atomic mass is 19.4. The number of hydrogen-bond donors (Lipinski definition) is 1. The molecule has 0 saturated heterocycles. The number of alkyl halides is 3. The van der Waals surface area contributed by atoms with E-state index in [9.17, 15) is 22.8 Å². The molecule has 4 rings (SSSR count). The molecule has 10 heteroatoms. The molecule has 3 aromatic carbocycles. The second kappa shape index (κ2) is 12.1. The maximum atomic E-state index is 13.8. The van der Waals surface area contributed by atoms with Crippen LogP contribution in [-0.2, 0) is 17.5 Å². The second-order valence-electron chi connectivity index (χ2n) is 9.37. The van der Waals surface area contributed by atoms with Crippen molar-refractivity contribution in [2.45, 2.75) is 25.6 Å². The average molecular weight is 539 g/mol. The maximum Gasteiger partial charge on any atom is 0.417 e. The number of benzene rings is 3. The van der Waals surface area contributed by atoms with Gasteiger partial charge < -0.3 is 9.64 Å². The third-order valence-corrected chi connectivity index (χ3v) is 6.12. The number of nitrogens with zero attached hydrogens (tertiary/aromatic N) is 3. The lowest BCUT2D eigenvalue weighted by Crippen LogP contribution is -2.25. The zero-order valence-electron chi connectivity index (χ0n) is 21.7. The Labute approximate surface area is 223 Å². The summed E-state index contributed by atoms with van der Waals surface area (Å²) in [5, 5.41) is 7.65. The molecule has 0 aliphatic rings. The van der Waals surface area contributed by atoms with Gasteiger partial charge in [0.25, 0.3) is 5.56 Å². The zero-order valence-corrected chi connectivity index (χ0v) is 21.7. The van der Waals surface area contributed by atoms with Gasteiger partial charge in [0.05, 0.1) is 29.8 Å². The molecular weight excluding hydrogens is 509 g/mol. The Balaban J connectivity index is 1.55. The summed E-state index contributed by atoms with van der Waals surface area (Å²) in [6.45, 7) is 1.26. The van der Waals surface area contributed by atoms with Crippen molar-refractivity contribution in [1.29, 1.82) is 0 Å². The molecule has 0 spiro atoms. The first-order valence-electron chi connectivity index (χ1n) is 12.5. The van der Waals surface area contributed by atoms with Crippen LogP contribution in [0.4, 0.5) is 23.7 Å². The van der Waals surface area contributed by atoms with E-state index in [-0.39, 0.29) is 23.2 Å². The number of anilines is 1. The summed E-state index contributed by atoms with van der Waals surface area (Å²) < 4.78 is 47.7. The minimum absolute atomic E-state index is 0.0292. The monoisotopic (exact) mass is 538 g/mol. The highest BCUT2D eigenvalue weighted by molar-refractivity contribution is 5.94. The fourth-order valence-electron chi connectivity index (χ4n) is 4.19. The molecule has 39 heavy (non-hydrogen) atoms. The average Bonchev–Trinajstić information content (AvgIpc) is 2.90. The van der Waals surface area contributed by atoms with Crippen LogP contribution >= 0.6 is 0 Å². The maximum absolute atomic E-state index is 13.8. The number of amides is 1. The Morgan fingerprint density at radius 3 is 2.31 bits per heavy atom. The molecule has 0 unspecified atom stereocenters. The van der Waals surface area contributed by atoms with E-state index < -0.39 is 23.4 Å². The van der Waals surface area contributed by atoms with Gasteiger partial charge in [-0.3, -0.25) is 10.1 Å². The minimum Gasteiger partial charge on any atom is -0.449 e. The van der Waals surface area contributed by atoms with Crippen LogP contribution in [0.1, 0.15) is 24.0 Å². The molecule has 4 aromatic rings. The van der Waals surface area contributed by atoms with Gasteiger partial charge in [0.2, 0.25) is 0 Å². The fraction of sp³-hybridized carbons (Fsp3) is 0.276. The van der Waals surface area contributed by atoms with E-state index in [1.54, 1.807) is 48.5 Å². The standard InChI is InChI=1S/C29H29F3N4O3/c1-35(2)17-7-8-18-39-28(38)33-21-15-13-20(14-16-21)19-36-27(37)23-10-4-3-9-22(23)26(34-36)24-11-5-6-12-25(24)29(30,31)32/h3-6,9-16H,7-8,17-19H2,1-2H3,(H,33,38). The van der Waals surface area contributed by atoms with Crippen LogP contribution in [0.15, 0.2) is 77.6 Å². The summed E-state index contributed by atoms with van der Waals surface area (Å²) in [5.41, 5.74) is -0.0839. The van der Waals surface area contributed by atoms with Crippen LogP contribution in [0.2, 0.25) is 0 Å². The summed E-state index contributed by atoms with van der Waals surface area (Å²) in [6, 6.07) is 18.4. The molecule has 0 aliphatic heterocycles. The van der Waals surface area contributed by atoms with Gasteiger partial charge in [0.15, 0.2) is 0 Å². The highest BCUT2D eigenvalue weighted by Gasteiger charge is 2.34. The van der Waals surface area contributed by atoms with E-state index in [0.717, 1.165) is 30.1 Å². The Kier molecular flexibility index (Phi) is 8.65. The summed E-state index contributed by atoms with van der Waals surface area (Å²) in [4.78, 5) is 27.3. The van der Waals surface area contributed by atoms with Crippen LogP contribution in [0, 0.1) is 0 Å². The van der Waals surface area contributed by atoms with Crippen molar-refractivity contribution < 1.29 is 22.7 Å². The summed E-state index contributed by atoms with van der Waals surface area (Å²) in [6.07, 6.45) is -3.47. The minimum atomic E-state index is -4.59. The third-order valence-electron chi connectivity index (χ3n) is 6.12. The Morgan fingerprint density at radius 1 is 0.949 bits per heavy atom. The van der Waals surface area contributed by atoms with Crippen molar-refractivity contribution in [2.75, 3.05) is 32.6 Å². The predicted octanol–water partition coefficient (Wildman–Crippen LogP) is 6.02. The van der Waals surface area contributed by atoms with Gasteiger partial charge in [-0.1, -0.05) is 48.5 Å². The topological polar surface area (TPSA) is 76.5 Å². The van der Waals surface area contributed by atoms with E-state index in [1.807, 2.05) is 14.1 Å². The van der Waals surface area contributed by atoms with Crippen LogP contribution in [0.25, 0.3) is 22.0 Å². The molecule has 1 amide bonds. The number of fused-ring (bicyclic) bond motifs is 1. The largest absolute Gasteiger partial charge is 0.449 e. The lowest BCUT2D eigenvalue weighted by atomic mass is 10.00. The molecule has 0 atom stereocenters. The number of halogens is 3. The summed E-state index contributed by atoms with van der Waals surface area (Å²) >= 11 is 0. The first kappa shape index (κ1) is 27.8. The Hall–Kier alpha value is -4.18. The van der Waals surface area contributed by atoms with Crippen LogP contribution in [0.5, 0.6) is 0 Å². The molecule has 0 fully saturated rings. The molecule has 204 valence electrons. The molecule has 1 N–H and O–H groups in total. The SMILES string of the molecule is CN(C)CCCCOC(=O)Nc1ccc(Cn2nc(-c3ccccc3C(F)(F)F)c3ccccc3c2=O)cc1. The van der Waals surface area contributed by atoms with E-state index in [1.165, 1.54) is 18.2 Å². The van der Waals surface area contributed by atoms with Crippen LogP contribution < -0.4 is 10.9 Å².